The van der Waals surface area contributed by atoms with Crippen LogP contribution < -0.4 is 10.1 Å². The number of hydrogen-bond acceptors (Lipinski definition) is 5. The molecular weight excluding hydrogens is 472 g/mol. The lowest BCUT2D eigenvalue weighted by molar-refractivity contribution is -0.113. The second-order valence-electron chi connectivity index (χ2n) is 7.55. The number of ether oxygens (including phenoxy) is 1. The predicted molar refractivity (Wildman–Crippen MR) is 131 cm³/mol. The van der Waals surface area contributed by atoms with E-state index in [1.807, 2.05) is 59.3 Å². The van der Waals surface area contributed by atoms with Crippen LogP contribution in [0.25, 0.3) is 28.0 Å². The number of amides is 1. The first-order chi connectivity index (χ1) is 17.0. The SMILES string of the molecule is COc1ccc(-n2c(SCC(=O)Nc3ccc(F)cc3F)nnc2-c2c[nH]c3ccccc23)cc1. The maximum absolute atomic E-state index is 13.9. The molecule has 2 N–H and O–H groups in total. The normalized spacial score (nSPS) is 11.1. The van der Waals surface area contributed by atoms with Crippen molar-refractivity contribution < 1.29 is 18.3 Å². The van der Waals surface area contributed by atoms with E-state index in [9.17, 15) is 13.6 Å². The maximum Gasteiger partial charge on any atom is 0.234 e. The molecule has 5 aromatic rings. The monoisotopic (exact) mass is 491 g/mol. The standard InChI is InChI=1S/C25H19F2N5O2S/c1-34-17-9-7-16(8-10-17)32-24(19-13-28-21-5-3-2-4-18(19)21)30-31-25(32)35-14-23(33)29-22-11-6-15(26)12-20(22)27/h2-13,28H,14H2,1H3,(H,29,33). The fourth-order valence-corrected chi connectivity index (χ4v) is 4.42. The maximum atomic E-state index is 13.9. The lowest BCUT2D eigenvalue weighted by atomic mass is 10.1. The van der Waals surface area contributed by atoms with Crippen LogP contribution in [0.15, 0.2) is 78.1 Å². The predicted octanol–water partition coefficient (Wildman–Crippen LogP) is 5.43. The van der Waals surface area contributed by atoms with Gasteiger partial charge in [-0.15, -0.1) is 10.2 Å². The van der Waals surface area contributed by atoms with Crippen molar-refractivity contribution in [2.24, 2.45) is 0 Å². The van der Waals surface area contributed by atoms with Crippen LogP contribution >= 0.6 is 11.8 Å². The molecule has 0 aliphatic rings. The lowest BCUT2D eigenvalue weighted by Gasteiger charge is -2.11. The zero-order valence-corrected chi connectivity index (χ0v) is 19.3. The molecule has 1 amide bonds. The first kappa shape index (κ1) is 22.6. The van der Waals surface area contributed by atoms with E-state index in [2.05, 4.69) is 20.5 Å². The highest BCUT2D eigenvalue weighted by Crippen LogP contribution is 2.33. The number of methoxy groups -OCH3 is 1. The molecule has 2 aromatic heterocycles. The fraction of sp³-hybridized carbons (Fsp3) is 0.0800. The van der Waals surface area contributed by atoms with Gasteiger partial charge in [-0.2, -0.15) is 0 Å². The molecule has 0 fully saturated rings. The van der Waals surface area contributed by atoms with Gasteiger partial charge in [0.15, 0.2) is 11.0 Å². The number of hydrogen-bond donors (Lipinski definition) is 2. The third-order valence-corrected chi connectivity index (χ3v) is 6.26. The highest BCUT2D eigenvalue weighted by molar-refractivity contribution is 7.99. The number of anilines is 1. The number of nitrogens with zero attached hydrogens (tertiary/aromatic N) is 3. The van der Waals surface area contributed by atoms with E-state index >= 15 is 0 Å². The largest absolute Gasteiger partial charge is 0.497 e. The summed E-state index contributed by atoms with van der Waals surface area (Å²) in [6, 6.07) is 18.2. The first-order valence-corrected chi connectivity index (χ1v) is 11.6. The third kappa shape index (κ3) is 4.60. The van der Waals surface area contributed by atoms with Crippen LogP contribution in [0.4, 0.5) is 14.5 Å². The van der Waals surface area contributed by atoms with Crippen LogP contribution in [-0.4, -0.2) is 38.5 Å². The van der Waals surface area contributed by atoms with Crippen molar-refractivity contribution in [3.05, 3.63) is 84.6 Å². The summed E-state index contributed by atoms with van der Waals surface area (Å²) >= 11 is 1.15. The molecule has 176 valence electrons. The molecule has 0 bridgehead atoms. The first-order valence-electron chi connectivity index (χ1n) is 10.6. The molecule has 10 heteroatoms. The van der Waals surface area contributed by atoms with Gasteiger partial charge in [-0.1, -0.05) is 30.0 Å². The van der Waals surface area contributed by atoms with Crippen molar-refractivity contribution in [2.45, 2.75) is 5.16 Å². The van der Waals surface area contributed by atoms with Crippen LogP contribution in [0.1, 0.15) is 0 Å². The Morgan fingerprint density at radius 2 is 1.89 bits per heavy atom. The van der Waals surface area contributed by atoms with Crippen molar-refractivity contribution in [1.29, 1.82) is 0 Å². The second kappa shape index (κ2) is 9.59. The van der Waals surface area contributed by atoms with Gasteiger partial charge in [-0.05, 0) is 42.5 Å². The molecule has 0 aliphatic carbocycles. The Hall–Kier alpha value is -4.18. The molecule has 0 atom stereocenters. The van der Waals surface area contributed by atoms with Crippen molar-refractivity contribution in [2.75, 3.05) is 18.2 Å². The molecular formula is C25H19F2N5O2S. The number of thioether (sulfide) groups is 1. The third-order valence-electron chi connectivity index (χ3n) is 5.33. The number of H-pyrrole nitrogens is 1. The lowest BCUT2D eigenvalue weighted by Crippen LogP contribution is -2.15. The number of aromatic amines is 1. The van der Waals surface area contributed by atoms with Crippen LogP contribution in [0.5, 0.6) is 5.75 Å². The minimum absolute atomic E-state index is 0.0566. The average molecular weight is 492 g/mol. The zero-order chi connectivity index (χ0) is 24.4. The number of nitrogens with one attached hydrogen (secondary N) is 2. The molecule has 35 heavy (non-hydrogen) atoms. The van der Waals surface area contributed by atoms with Crippen molar-refractivity contribution in [3.8, 4) is 22.8 Å². The molecule has 0 unspecified atom stereocenters. The van der Waals surface area contributed by atoms with Crippen LogP contribution in [0, 0.1) is 11.6 Å². The van der Waals surface area contributed by atoms with Crippen molar-refractivity contribution >= 4 is 34.3 Å². The minimum Gasteiger partial charge on any atom is -0.497 e. The molecule has 0 aliphatic heterocycles. The number of fused-ring (bicyclic) bond motifs is 1. The zero-order valence-electron chi connectivity index (χ0n) is 18.5. The van der Waals surface area contributed by atoms with Crippen LogP contribution in [0.3, 0.4) is 0 Å². The van der Waals surface area contributed by atoms with Gasteiger partial charge in [0.05, 0.1) is 18.6 Å². The summed E-state index contributed by atoms with van der Waals surface area (Å²) in [5, 5.41) is 12.7. The Labute approximate surface area is 203 Å². The Balaban J connectivity index is 1.47. The number of halogens is 2. The Morgan fingerprint density at radius 3 is 2.66 bits per heavy atom. The number of carbonyl (C=O) groups is 1. The minimum atomic E-state index is -0.841. The highest BCUT2D eigenvalue weighted by Gasteiger charge is 2.20. The van der Waals surface area contributed by atoms with Crippen molar-refractivity contribution in [3.63, 3.8) is 0 Å². The molecule has 0 saturated carbocycles. The summed E-state index contributed by atoms with van der Waals surface area (Å²) < 4.78 is 34.2. The smallest absolute Gasteiger partial charge is 0.234 e. The Morgan fingerprint density at radius 1 is 1.09 bits per heavy atom. The van der Waals surface area contributed by atoms with Crippen LogP contribution in [0.2, 0.25) is 0 Å². The second-order valence-corrected chi connectivity index (χ2v) is 8.49. The summed E-state index contributed by atoms with van der Waals surface area (Å²) in [7, 11) is 1.59. The number of benzene rings is 3. The Bertz CT molecular complexity index is 1510. The van der Waals surface area contributed by atoms with Gasteiger partial charge in [-0.3, -0.25) is 9.36 Å². The highest BCUT2D eigenvalue weighted by atomic mass is 32.2. The summed E-state index contributed by atoms with van der Waals surface area (Å²) in [5.41, 5.74) is 2.51. The molecule has 3 aromatic carbocycles. The molecule has 5 rings (SSSR count). The average Bonchev–Trinajstić information content (AvgIpc) is 3.48. The summed E-state index contributed by atoms with van der Waals surface area (Å²) in [4.78, 5) is 15.7. The van der Waals surface area contributed by atoms with Gasteiger partial charge in [0.1, 0.15) is 17.4 Å². The topological polar surface area (TPSA) is 84.8 Å². The number of aromatic nitrogens is 4. The van der Waals surface area contributed by atoms with E-state index in [4.69, 9.17) is 4.74 Å². The summed E-state index contributed by atoms with van der Waals surface area (Å²) in [6.45, 7) is 0. The summed E-state index contributed by atoms with van der Waals surface area (Å²) in [6.07, 6.45) is 1.87. The molecule has 0 spiro atoms. The molecule has 0 radical (unpaired) electrons. The van der Waals surface area contributed by atoms with E-state index in [0.29, 0.717) is 16.7 Å². The molecule has 0 saturated heterocycles. The van der Waals surface area contributed by atoms with Gasteiger partial charge < -0.3 is 15.0 Å². The number of para-hydroxylation sites is 1. The van der Waals surface area contributed by atoms with E-state index in [0.717, 1.165) is 46.0 Å². The molecule has 2 heterocycles. The van der Waals surface area contributed by atoms with E-state index in [1.165, 1.54) is 6.07 Å². The molecule has 7 nitrogen and oxygen atoms in total. The van der Waals surface area contributed by atoms with Gasteiger partial charge in [0.2, 0.25) is 5.91 Å². The van der Waals surface area contributed by atoms with E-state index in [1.54, 1.807) is 7.11 Å². The van der Waals surface area contributed by atoms with Gasteiger partial charge >= 0.3 is 0 Å². The fourth-order valence-electron chi connectivity index (χ4n) is 3.67. The Kier molecular flexibility index (Phi) is 6.19. The number of rotatable bonds is 7. The number of carbonyl (C=O) groups excluding carboxylic acids is 1. The quantitative estimate of drug-likeness (QED) is 0.297. The van der Waals surface area contributed by atoms with Gasteiger partial charge in [0.25, 0.3) is 0 Å². The van der Waals surface area contributed by atoms with Crippen LogP contribution in [-0.2, 0) is 4.79 Å². The van der Waals surface area contributed by atoms with E-state index in [-0.39, 0.29) is 11.4 Å². The summed E-state index contributed by atoms with van der Waals surface area (Å²) in [5.74, 6) is -0.776. The van der Waals surface area contributed by atoms with Gasteiger partial charge in [0, 0.05) is 34.4 Å². The van der Waals surface area contributed by atoms with Crippen molar-refractivity contribution in [1.82, 2.24) is 19.7 Å². The van der Waals surface area contributed by atoms with Gasteiger partial charge in [-0.25, -0.2) is 8.78 Å². The van der Waals surface area contributed by atoms with E-state index < -0.39 is 17.5 Å².